The Morgan fingerprint density at radius 3 is 2.65 bits per heavy atom. The molecule has 0 heterocycles. The van der Waals surface area contributed by atoms with Gasteiger partial charge in [-0.2, -0.15) is 0 Å². The van der Waals surface area contributed by atoms with Crippen molar-refractivity contribution in [1.29, 1.82) is 0 Å². The van der Waals surface area contributed by atoms with Crippen molar-refractivity contribution in [3.8, 4) is 0 Å². The number of nitrogens with two attached hydrogens (primary N) is 1. The maximum Gasteiger partial charge on any atom is 0.0318 e. The highest BCUT2D eigenvalue weighted by Gasteiger charge is 2.33. The quantitative estimate of drug-likeness (QED) is 0.844. The summed E-state index contributed by atoms with van der Waals surface area (Å²) < 4.78 is 1.19. The Balaban J connectivity index is 1.71. The van der Waals surface area contributed by atoms with Gasteiger partial charge in [0.25, 0.3) is 0 Å². The fourth-order valence-corrected chi connectivity index (χ4v) is 2.72. The van der Waals surface area contributed by atoms with Crippen molar-refractivity contribution in [2.75, 3.05) is 12.3 Å². The molecule has 0 bridgehead atoms. The first-order valence-corrected chi connectivity index (χ1v) is 7.29. The number of halogens is 1. The zero-order valence-electron chi connectivity index (χ0n) is 10.0. The van der Waals surface area contributed by atoms with Crippen molar-refractivity contribution in [3.63, 3.8) is 0 Å². The zero-order chi connectivity index (χ0) is 11.8. The summed E-state index contributed by atoms with van der Waals surface area (Å²) in [5.41, 5.74) is 8.07. The highest BCUT2D eigenvalue weighted by Crippen LogP contribution is 2.36. The number of rotatable bonds is 5. The van der Waals surface area contributed by atoms with Crippen LogP contribution in [0, 0.1) is 5.92 Å². The highest BCUT2D eigenvalue weighted by molar-refractivity contribution is 9.10. The van der Waals surface area contributed by atoms with E-state index in [1.807, 2.05) is 6.07 Å². The van der Waals surface area contributed by atoms with Crippen LogP contribution in [0.2, 0.25) is 0 Å². The fraction of sp³-hybridized carbons (Fsp3) is 0.571. The van der Waals surface area contributed by atoms with E-state index in [-0.39, 0.29) is 0 Å². The molecule has 0 spiro atoms. The number of hydrogen-bond donors (Lipinski definition) is 1. The van der Waals surface area contributed by atoms with Crippen LogP contribution in [0.5, 0.6) is 0 Å². The summed E-state index contributed by atoms with van der Waals surface area (Å²) in [7, 11) is 0. The van der Waals surface area contributed by atoms with Crippen LogP contribution < -0.4 is 5.73 Å². The number of hydrogen-bond acceptors (Lipinski definition) is 2. The monoisotopic (exact) mass is 294 g/mol. The summed E-state index contributed by atoms with van der Waals surface area (Å²) in [5, 5.41) is 0. The lowest BCUT2D eigenvalue weighted by Crippen LogP contribution is -2.28. The van der Waals surface area contributed by atoms with Gasteiger partial charge >= 0.3 is 0 Å². The average molecular weight is 295 g/mol. The molecule has 2 aliphatic rings. The van der Waals surface area contributed by atoms with E-state index in [1.165, 1.54) is 42.3 Å². The maximum atomic E-state index is 5.87. The van der Waals surface area contributed by atoms with Gasteiger partial charge in [-0.25, -0.2) is 0 Å². The van der Waals surface area contributed by atoms with Gasteiger partial charge in [-0.3, -0.25) is 4.90 Å². The first-order chi connectivity index (χ1) is 8.22. The predicted molar refractivity (Wildman–Crippen MR) is 74.7 cm³/mol. The van der Waals surface area contributed by atoms with E-state index in [1.54, 1.807) is 0 Å². The van der Waals surface area contributed by atoms with Gasteiger partial charge < -0.3 is 5.73 Å². The lowest BCUT2D eigenvalue weighted by molar-refractivity contribution is 0.243. The molecule has 0 aromatic heterocycles. The van der Waals surface area contributed by atoms with Crippen LogP contribution in [0.4, 0.5) is 5.69 Å². The van der Waals surface area contributed by atoms with Crippen LogP contribution in [-0.4, -0.2) is 17.5 Å². The molecule has 1 aromatic carbocycles. The van der Waals surface area contributed by atoms with Crippen molar-refractivity contribution < 1.29 is 0 Å². The molecule has 0 aliphatic heterocycles. The second-order valence-corrected chi connectivity index (χ2v) is 6.31. The predicted octanol–water partition coefficient (Wildman–Crippen LogP) is 3.41. The average Bonchev–Trinajstić information content (AvgIpc) is 3.14. The van der Waals surface area contributed by atoms with E-state index < -0.39 is 0 Å². The molecule has 1 aromatic rings. The minimum Gasteiger partial charge on any atom is -0.399 e. The topological polar surface area (TPSA) is 29.3 Å². The van der Waals surface area contributed by atoms with E-state index in [9.17, 15) is 0 Å². The number of benzene rings is 1. The van der Waals surface area contributed by atoms with Gasteiger partial charge in [0.2, 0.25) is 0 Å². The number of nitrogens with zero attached hydrogens (tertiary/aromatic N) is 1. The minimum atomic E-state index is 0.837. The van der Waals surface area contributed by atoms with Crippen LogP contribution in [-0.2, 0) is 6.54 Å². The molecule has 0 radical (unpaired) electrons. The molecule has 2 N–H and O–H groups in total. The highest BCUT2D eigenvalue weighted by atomic mass is 79.9. The molecular formula is C14H19BrN2. The van der Waals surface area contributed by atoms with Crippen molar-refractivity contribution in [1.82, 2.24) is 4.90 Å². The summed E-state index contributed by atoms with van der Waals surface area (Å²) in [6, 6.07) is 6.96. The summed E-state index contributed by atoms with van der Waals surface area (Å²) >= 11 is 3.63. The third-order valence-electron chi connectivity index (χ3n) is 3.70. The van der Waals surface area contributed by atoms with Gasteiger partial charge in [-0.15, -0.1) is 0 Å². The SMILES string of the molecule is Nc1ccc(Br)c(CN(CC2CC2)C2CC2)c1. The van der Waals surface area contributed by atoms with E-state index in [0.29, 0.717) is 0 Å². The summed E-state index contributed by atoms with van der Waals surface area (Å²) in [6.45, 7) is 2.33. The van der Waals surface area contributed by atoms with E-state index in [4.69, 9.17) is 5.73 Å². The van der Waals surface area contributed by atoms with Gasteiger partial charge in [-0.1, -0.05) is 15.9 Å². The second-order valence-electron chi connectivity index (χ2n) is 5.45. The Morgan fingerprint density at radius 1 is 1.24 bits per heavy atom. The maximum absolute atomic E-state index is 5.87. The molecule has 0 unspecified atom stereocenters. The first kappa shape index (κ1) is 11.5. The molecule has 17 heavy (non-hydrogen) atoms. The molecule has 0 atom stereocenters. The molecule has 2 fully saturated rings. The molecule has 2 saturated carbocycles. The third kappa shape index (κ3) is 3.02. The first-order valence-electron chi connectivity index (χ1n) is 6.50. The Morgan fingerprint density at radius 2 is 2.00 bits per heavy atom. The number of nitrogen functional groups attached to an aromatic ring is 1. The van der Waals surface area contributed by atoms with Crippen molar-refractivity contribution in [3.05, 3.63) is 28.2 Å². The minimum absolute atomic E-state index is 0.837. The Labute approximate surface area is 111 Å². The van der Waals surface area contributed by atoms with E-state index >= 15 is 0 Å². The zero-order valence-corrected chi connectivity index (χ0v) is 11.6. The normalized spacial score (nSPS) is 19.9. The molecule has 92 valence electrons. The summed E-state index contributed by atoms with van der Waals surface area (Å²) in [5.74, 6) is 0.968. The van der Waals surface area contributed by atoms with Gasteiger partial charge in [0.05, 0.1) is 0 Å². The Kier molecular flexibility index (Phi) is 3.14. The molecule has 0 amide bonds. The standard InChI is InChI=1S/C14H19BrN2/c15-14-6-3-12(16)7-11(14)9-17(13-4-5-13)8-10-1-2-10/h3,6-7,10,13H,1-2,4-5,8-9,16H2. The van der Waals surface area contributed by atoms with Crippen LogP contribution in [0.3, 0.4) is 0 Å². The van der Waals surface area contributed by atoms with Crippen LogP contribution in [0.15, 0.2) is 22.7 Å². The largest absolute Gasteiger partial charge is 0.399 e. The van der Waals surface area contributed by atoms with E-state index in [0.717, 1.165) is 24.2 Å². The van der Waals surface area contributed by atoms with Crippen LogP contribution >= 0.6 is 15.9 Å². The second kappa shape index (κ2) is 4.62. The van der Waals surface area contributed by atoms with Gasteiger partial charge in [0.15, 0.2) is 0 Å². The summed E-state index contributed by atoms with van der Waals surface area (Å²) in [4.78, 5) is 2.65. The molecule has 2 nitrogen and oxygen atoms in total. The van der Waals surface area contributed by atoms with Crippen molar-refractivity contribution >= 4 is 21.6 Å². The molecule has 3 heteroatoms. The Hall–Kier alpha value is -0.540. The van der Waals surface area contributed by atoms with Crippen molar-refractivity contribution in [2.45, 2.75) is 38.3 Å². The third-order valence-corrected chi connectivity index (χ3v) is 4.47. The van der Waals surface area contributed by atoms with Crippen LogP contribution in [0.1, 0.15) is 31.2 Å². The molecule has 2 aliphatic carbocycles. The Bertz CT molecular complexity index is 411. The lowest BCUT2D eigenvalue weighted by atomic mass is 10.2. The fourth-order valence-electron chi connectivity index (χ4n) is 2.35. The van der Waals surface area contributed by atoms with Gasteiger partial charge in [-0.05, 0) is 55.4 Å². The molecule has 3 rings (SSSR count). The summed E-state index contributed by atoms with van der Waals surface area (Å²) in [6.07, 6.45) is 5.63. The van der Waals surface area contributed by atoms with Gasteiger partial charge in [0, 0.05) is 29.3 Å². The molecular weight excluding hydrogens is 276 g/mol. The van der Waals surface area contributed by atoms with E-state index in [2.05, 4.69) is 33.0 Å². The van der Waals surface area contributed by atoms with Gasteiger partial charge in [0.1, 0.15) is 0 Å². The van der Waals surface area contributed by atoms with Crippen molar-refractivity contribution in [2.24, 2.45) is 5.92 Å². The molecule has 0 saturated heterocycles. The smallest absolute Gasteiger partial charge is 0.0318 e. The number of anilines is 1. The lowest BCUT2D eigenvalue weighted by Gasteiger charge is -2.22. The van der Waals surface area contributed by atoms with Crippen LogP contribution in [0.25, 0.3) is 0 Å².